The molecule has 0 aliphatic carbocycles. The first kappa shape index (κ1) is 15.7. The second kappa shape index (κ2) is 7.41. The Bertz CT molecular complexity index is 798. The van der Waals surface area contributed by atoms with Crippen LogP contribution < -0.4 is 10.1 Å². The number of amides is 1. The van der Waals surface area contributed by atoms with Gasteiger partial charge in [-0.1, -0.05) is 35.5 Å². The topological polar surface area (TPSA) is 77.2 Å². The molecule has 0 radical (unpaired) electrons. The molecule has 0 saturated carbocycles. The maximum Gasteiger partial charge on any atom is 0.251 e. The molecular formula is C18H17N3O3. The number of rotatable bonds is 6. The van der Waals surface area contributed by atoms with Crippen molar-refractivity contribution in [1.82, 2.24) is 15.5 Å². The Morgan fingerprint density at radius 3 is 2.58 bits per heavy atom. The third-order valence-corrected chi connectivity index (χ3v) is 3.47. The molecule has 0 bridgehead atoms. The third-order valence-electron chi connectivity index (χ3n) is 3.47. The van der Waals surface area contributed by atoms with E-state index in [1.165, 1.54) is 0 Å². The average Bonchev–Trinajstić information content (AvgIpc) is 3.08. The zero-order valence-electron chi connectivity index (χ0n) is 13.2. The van der Waals surface area contributed by atoms with Gasteiger partial charge in [-0.05, 0) is 29.8 Å². The van der Waals surface area contributed by atoms with Gasteiger partial charge in [0.05, 0.1) is 20.1 Å². The van der Waals surface area contributed by atoms with Crippen LogP contribution in [0.4, 0.5) is 0 Å². The summed E-state index contributed by atoms with van der Waals surface area (Å²) in [4.78, 5) is 16.4. The minimum absolute atomic E-state index is 0.202. The highest BCUT2D eigenvalue weighted by molar-refractivity contribution is 5.94. The standard InChI is InChI=1S/C18H17N3O3/c1-23-15-9-7-14(8-10-15)18(22)19-12-16-20-17(24-21-16)11-13-5-3-2-4-6-13/h2-10H,11-12H2,1H3,(H,19,22). The predicted octanol–water partition coefficient (Wildman–Crippen LogP) is 2.60. The molecule has 0 aliphatic heterocycles. The van der Waals surface area contributed by atoms with E-state index in [2.05, 4.69) is 15.5 Å². The number of carbonyl (C=O) groups excluding carboxylic acids is 1. The summed E-state index contributed by atoms with van der Waals surface area (Å²) < 4.78 is 10.3. The number of carbonyl (C=O) groups is 1. The van der Waals surface area contributed by atoms with Crippen LogP contribution >= 0.6 is 0 Å². The van der Waals surface area contributed by atoms with Crippen molar-refractivity contribution in [1.29, 1.82) is 0 Å². The van der Waals surface area contributed by atoms with Gasteiger partial charge in [-0.15, -0.1) is 0 Å². The van der Waals surface area contributed by atoms with Crippen molar-refractivity contribution in [2.24, 2.45) is 0 Å². The third kappa shape index (κ3) is 3.98. The Morgan fingerprint density at radius 1 is 1.12 bits per heavy atom. The van der Waals surface area contributed by atoms with Gasteiger partial charge in [-0.25, -0.2) is 0 Å². The van der Waals surface area contributed by atoms with Gasteiger partial charge in [-0.3, -0.25) is 4.79 Å². The van der Waals surface area contributed by atoms with E-state index in [4.69, 9.17) is 9.26 Å². The number of nitrogens with one attached hydrogen (secondary N) is 1. The number of methoxy groups -OCH3 is 1. The van der Waals surface area contributed by atoms with Crippen LogP contribution in [-0.2, 0) is 13.0 Å². The molecule has 0 fully saturated rings. The molecule has 6 heteroatoms. The van der Waals surface area contributed by atoms with Crippen LogP contribution in [0.2, 0.25) is 0 Å². The quantitative estimate of drug-likeness (QED) is 0.754. The van der Waals surface area contributed by atoms with Crippen LogP contribution in [0.5, 0.6) is 5.75 Å². The molecule has 122 valence electrons. The molecule has 1 amide bonds. The van der Waals surface area contributed by atoms with Crippen molar-refractivity contribution in [3.63, 3.8) is 0 Å². The summed E-state index contributed by atoms with van der Waals surface area (Å²) in [5, 5.41) is 6.65. The second-order valence-electron chi connectivity index (χ2n) is 5.18. The van der Waals surface area contributed by atoms with E-state index in [1.807, 2.05) is 30.3 Å². The molecule has 24 heavy (non-hydrogen) atoms. The molecule has 0 atom stereocenters. The first-order chi connectivity index (χ1) is 11.7. The Hall–Kier alpha value is -3.15. The number of nitrogens with zero attached hydrogens (tertiary/aromatic N) is 2. The molecule has 2 aromatic carbocycles. The minimum atomic E-state index is -0.202. The molecular weight excluding hydrogens is 306 g/mol. The maximum absolute atomic E-state index is 12.1. The number of benzene rings is 2. The Balaban J connectivity index is 1.55. The largest absolute Gasteiger partial charge is 0.497 e. The van der Waals surface area contributed by atoms with Crippen LogP contribution in [0.3, 0.4) is 0 Å². The van der Waals surface area contributed by atoms with E-state index in [-0.39, 0.29) is 12.5 Å². The van der Waals surface area contributed by atoms with Gasteiger partial charge in [0, 0.05) is 5.56 Å². The van der Waals surface area contributed by atoms with Gasteiger partial charge < -0.3 is 14.6 Å². The lowest BCUT2D eigenvalue weighted by Gasteiger charge is -2.03. The van der Waals surface area contributed by atoms with Crippen molar-refractivity contribution < 1.29 is 14.1 Å². The lowest BCUT2D eigenvalue weighted by atomic mass is 10.1. The number of aromatic nitrogens is 2. The summed E-state index contributed by atoms with van der Waals surface area (Å²) in [5.41, 5.74) is 1.64. The minimum Gasteiger partial charge on any atom is -0.497 e. The van der Waals surface area contributed by atoms with E-state index in [0.29, 0.717) is 29.4 Å². The summed E-state index contributed by atoms with van der Waals surface area (Å²) >= 11 is 0. The molecule has 1 aromatic heterocycles. The molecule has 3 aromatic rings. The Labute approximate surface area is 139 Å². The van der Waals surface area contributed by atoms with Crippen LogP contribution in [0.1, 0.15) is 27.6 Å². The average molecular weight is 323 g/mol. The first-order valence-electron chi connectivity index (χ1n) is 7.52. The number of hydrogen-bond acceptors (Lipinski definition) is 5. The van der Waals surface area contributed by atoms with Gasteiger partial charge in [0.2, 0.25) is 5.89 Å². The van der Waals surface area contributed by atoms with Gasteiger partial charge in [0.15, 0.2) is 5.82 Å². The van der Waals surface area contributed by atoms with E-state index in [0.717, 1.165) is 5.56 Å². The second-order valence-corrected chi connectivity index (χ2v) is 5.18. The molecule has 1 heterocycles. The summed E-state index contributed by atoms with van der Waals surface area (Å²) in [6.45, 7) is 0.211. The van der Waals surface area contributed by atoms with Gasteiger partial charge in [-0.2, -0.15) is 4.98 Å². The SMILES string of the molecule is COc1ccc(C(=O)NCc2noc(Cc3ccccc3)n2)cc1. The number of ether oxygens (including phenoxy) is 1. The summed E-state index contributed by atoms with van der Waals surface area (Å²) in [5.74, 6) is 1.47. The van der Waals surface area contributed by atoms with E-state index in [1.54, 1.807) is 31.4 Å². The van der Waals surface area contributed by atoms with Gasteiger partial charge in [0.1, 0.15) is 5.75 Å². The molecule has 6 nitrogen and oxygen atoms in total. The van der Waals surface area contributed by atoms with Crippen LogP contribution in [0.15, 0.2) is 59.1 Å². The summed E-state index contributed by atoms with van der Waals surface area (Å²) in [6.07, 6.45) is 0.570. The van der Waals surface area contributed by atoms with Crippen LogP contribution in [-0.4, -0.2) is 23.2 Å². The van der Waals surface area contributed by atoms with Gasteiger partial charge >= 0.3 is 0 Å². The van der Waals surface area contributed by atoms with E-state index in [9.17, 15) is 4.79 Å². The normalized spacial score (nSPS) is 10.4. The fraction of sp³-hybridized carbons (Fsp3) is 0.167. The smallest absolute Gasteiger partial charge is 0.251 e. The fourth-order valence-corrected chi connectivity index (χ4v) is 2.21. The molecule has 1 N–H and O–H groups in total. The van der Waals surface area contributed by atoms with Crippen molar-refractivity contribution >= 4 is 5.91 Å². The highest BCUT2D eigenvalue weighted by atomic mass is 16.5. The van der Waals surface area contributed by atoms with Crippen molar-refractivity contribution in [2.45, 2.75) is 13.0 Å². The first-order valence-corrected chi connectivity index (χ1v) is 7.52. The molecule has 0 saturated heterocycles. The molecule has 0 aliphatic rings. The highest BCUT2D eigenvalue weighted by Gasteiger charge is 2.10. The lowest BCUT2D eigenvalue weighted by Crippen LogP contribution is -2.23. The predicted molar refractivity (Wildman–Crippen MR) is 87.7 cm³/mol. The van der Waals surface area contributed by atoms with Crippen molar-refractivity contribution in [3.05, 3.63) is 77.4 Å². The lowest BCUT2D eigenvalue weighted by molar-refractivity contribution is 0.0949. The maximum atomic E-state index is 12.1. The Kier molecular flexibility index (Phi) is 4.86. The molecule has 0 spiro atoms. The van der Waals surface area contributed by atoms with Crippen LogP contribution in [0, 0.1) is 0 Å². The zero-order valence-corrected chi connectivity index (χ0v) is 13.2. The zero-order chi connectivity index (χ0) is 16.8. The summed E-state index contributed by atoms with van der Waals surface area (Å²) in [7, 11) is 1.58. The van der Waals surface area contributed by atoms with Crippen molar-refractivity contribution in [2.75, 3.05) is 7.11 Å². The van der Waals surface area contributed by atoms with Crippen LogP contribution in [0.25, 0.3) is 0 Å². The Morgan fingerprint density at radius 2 is 1.88 bits per heavy atom. The highest BCUT2D eigenvalue weighted by Crippen LogP contribution is 2.11. The fourth-order valence-electron chi connectivity index (χ4n) is 2.21. The van der Waals surface area contributed by atoms with E-state index >= 15 is 0 Å². The number of hydrogen-bond donors (Lipinski definition) is 1. The molecule has 0 unspecified atom stereocenters. The molecule has 3 rings (SSSR count). The van der Waals surface area contributed by atoms with Crippen molar-refractivity contribution in [3.8, 4) is 5.75 Å². The van der Waals surface area contributed by atoms with E-state index < -0.39 is 0 Å². The summed E-state index contributed by atoms with van der Waals surface area (Å²) in [6, 6.07) is 16.7. The monoisotopic (exact) mass is 323 g/mol. The van der Waals surface area contributed by atoms with Gasteiger partial charge in [0.25, 0.3) is 5.91 Å².